The molecule has 1 aromatic carbocycles. The van der Waals surface area contributed by atoms with Crippen LogP contribution in [0.15, 0.2) is 35.1 Å². The number of pyridine rings is 1. The molecule has 3 heterocycles. The Labute approximate surface area is 158 Å². The van der Waals surface area contributed by atoms with Crippen LogP contribution in [0.25, 0.3) is 17.1 Å². The third kappa shape index (κ3) is 2.77. The first-order chi connectivity index (χ1) is 12.1. The molecule has 0 saturated heterocycles. The summed E-state index contributed by atoms with van der Waals surface area (Å²) < 4.78 is 8.33. The van der Waals surface area contributed by atoms with E-state index in [-0.39, 0.29) is 5.92 Å². The lowest BCUT2D eigenvalue weighted by atomic mass is 10.1. The summed E-state index contributed by atoms with van der Waals surface area (Å²) in [5.41, 5.74) is 2.70. The van der Waals surface area contributed by atoms with Gasteiger partial charge in [0.15, 0.2) is 5.82 Å². The molecular weight excluding hydrogens is 406 g/mol. The number of anilines is 1. The van der Waals surface area contributed by atoms with Gasteiger partial charge >= 0.3 is 0 Å². The summed E-state index contributed by atoms with van der Waals surface area (Å²) in [6, 6.07) is 5.76. The molecule has 0 bridgehead atoms. The third-order valence-corrected chi connectivity index (χ3v) is 4.93. The number of hydrogen-bond acceptors (Lipinski definition) is 5. The van der Waals surface area contributed by atoms with Crippen LogP contribution in [0.2, 0.25) is 5.02 Å². The summed E-state index contributed by atoms with van der Waals surface area (Å²) in [6.07, 6.45) is 3.52. The van der Waals surface area contributed by atoms with Crippen LogP contribution in [0, 0.1) is 0 Å². The predicted molar refractivity (Wildman–Crippen MR) is 101 cm³/mol. The molecule has 1 aliphatic rings. The molecule has 1 unspecified atom stereocenters. The fraction of sp³-hybridized carbons (Fsp3) is 0.235. The minimum atomic E-state index is 0.179. The van der Waals surface area contributed by atoms with Gasteiger partial charge in [-0.2, -0.15) is 0 Å². The minimum absolute atomic E-state index is 0.179. The number of halogens is 2. The highest BCUT2D eigenvalue weighted by molar-refractivity contribution is 9.10. The van der Waals surface area contributed by atoms with E-state index in [0.29, 0.717) is 10.8 Å². The summed E-state index contributed by atoms with van der Waals surface area (Å²) in [5.74, 6) is 2.39. The van der Waals surface area contributed by atoms with E-state index in [9.17, 15) is 0 Å². The molecule has 6 nitrogen and oxygen atoms in total. The number of fused-ring (bicyclic) bond motifs is 3. The van der Waals surface area contributed by atoms with Crippen molar-refractivity contribution in [1.82, 2.24) is 19.7 Å². The zero-order valence-electron chi connectivity index (χ0n) is 13.6. The van der Waals surface area contributed by atoms with Crippen LogP contribution in [0.3, 0.4) is 0 Å². The Morgan fingerprint density at radius 2 is 2.12 bits per heavy atom. The molecule has 0 spiro atoms. The Morgan fingerprint density at radius 3 is 2.88 bits per heavy atom. The van der Waals surface area contributed by atoms with Crippen molar-refractivity contribution >= 4 is 33.2 Å². The molecule has 1 N–H and O–H groups in total. The SMILES string of the molecule is COc1cc2c(cc1Cl)NCC(C)c1nnc(-c3cncc(Br)c3)n1-2. The van der Waals surface area contributed by atoms with Gasteiger partial charge in [0.1, 0.15) is 11.6 Å². The molecule has 0 fully saturated rings. The Bertz CT molecular complexity index is 958. The van der Waals surface area contributed by atoms with E-state index < -0.39 is 0 Å². The number of hydrogen-bond donors (Lipinski definition) is 1. The van der Waals surface area contributed by atoms with Gasteiger partial charge in [0, 0.05) is 41.0 Å². The second-order valence-corrected chi connectivity index (χ2v) is 7.22. The van der Waals surface area contributed by atoms with Crippen molar-refractivity contribution in [2.24, 2.45) is 0 Å². The van der Waals surface area contributed by atoms with Gasteiger partial charge in [0.05, 0.1) is 23.5 Å². The number of benzene rings is 1. The summed E-state index contributed by atoms with van der Waals surface area (Å²) >= 11 is 9.77. The largest absolute Gasteiger partial charge is 0.495 e. The van der Waals surface area contributed by atoms with Gasteiger partial charge < -0.3 is 10.1 Å². The first kappa shape index (κ1) is 16.4. The van der Waals surface area contributed by atoms with Crippen molar-refractivity contribution in [3.8, 4) is 22.8 Å². The zero-order valence-corrected chi connectivity index (χ0v) is 16.0. The molecule has 8 heteroatoms. The average molecular weight is 421 g/mol. The Balaban J connectivity index is 2.00. The summed E-state index contributed by atoms with van der Waals surface area (Å²) in [4.78, 5) is 4.25. The van der Waals surface area contributed by atoms with Gasteiger partial charge in [-0.05, 0) is 28.1 Å². The maximum Gasteiger partial charge on any atom is 0.170 e. The number of nitrogens with zero attached hydrogens (tertiary/aromatic N) is 4. The molecule has 2 aromatic heterocycles. The molecule has 0 amide bonds. The lowest BCUT2D eigenvalue weighted by Gasteiger charge is -2.14. The van der Waals surface area contributed by atoms with Crippen LogP contribution in [0.1, 0.15) is 18.7 Å². The molecular formula is C17H15BrClN5O. The van der Waals surface area contributed by atoms with E-state index in [2.05, 4.69) is 43.4 Å². The number of nitrogens with one attached hydrogen (secondary N) is 1. The first-order valence-corrected chi connectivity index (χ1v) is 8.93. The highest BCUT2D eigenvalue weighted by Crippen LogP contribution is 2.39. The second kappa shape index (κ2) is 6.31. The fourth-order valence-electron chi connectivity index (χ4n) is 2.95. The number of ether oxygens (including phenoxy) is 1. The average Bonchev–Trinajstić information content (AvgIpc) is 2.99. The van der Waals surface area contributed by atoms with Crippen molar-refractivity contribution in [1.29, 1.82) is 0 Å². The molecule has 0 aliphatic carbocycles. The second-order valence-electron chi connectivity index (χ2n) is 5.89. The Morgan fingerprint density at radius 1 is 1.28 bits per heavy atom. The third-order valence-electron chi connectivity index (χ3n) is 4.20. The number of aromatic nitrogens is 4. The maximum absolute atomic E-state index is 6.31. The Kier molecular flexibility index (Phi) is 4.13. The van der Waals surface area contributed by atoms with E-state index in [1.54, 1.807) is 19.5 Å². The van der Waals surface area contributed by atoms with Gasteiger partial charge in [-0.25, -0.2) is 0 Å². The van der Waals surface area contributed by atoms with Crippen LogP contribution in [0.4, 0.5) is 5.69 Å². The molecule has 0 saturated carbocycles. The maximum atomic E-state index is 6.31. The smallest absolute Gasteiger partial charge is 0.170 e. The highest BCUT2D eigenvalue weighted by atomic mass is 79.9. The normalized spacial score (nSPS) is 15.8. The summed E-state index contributed by atoms with van der Waals surface area (Å²) in [7, 11) is 1.60. The zero-order chi connectivity index (χ0) is 17.6. The minimum Gasteiger partial charge on any atom is -0.495 e. The fourth-order valence-corrected chi connectivity index (χ4v) is 3.56. The predicted octanol–water partition coefficient (Wildman–Crippen LogP) is 4.28. The molecule has 1 aliphatic heterocycles. The van der Waals surface area contributed by atoms with Crippen LogP contribution < -0.4 is 10.1 Å². The summed E-state index contributed by atoms with van der Waals surface area (Å²) in [6.45, 7) is 2.85. The topological polar surface area (TPSA) is 64.9 Å². The van der Waals surface area contributed by atoms with Gasteiger partial charge in [0.2, 0.25) is 0 Å². The van der Waals surface area contributed by atoms with Gasteiger partial charge in [-0.1, -0.05) is 18.5 Å². The van der Waals surface area contributed by atoms with Gasteiger partial charge in [-0.3, -0.25) is 9.55 Å². The molecule has 1 atom stereocenters. The van der Waals surface area contributed by atoms with E-state index in [1.165, 1.54) is 0 Å². The van der Waals surface area contributed by atoms with Crippen molar-refractivity contribution < 1.29 is 4.74 Å². The van der Waals surface area contributed by atoms with Crippen LogP contribution in [-0.4, -0.2) is 33.4 Å². The molecule has 128 valence electrons. The van der Waals surface area contributed by atoms with Crippen molar-refractivity contribution in [2.75, 3.05) is 19.0 Å². The molecule has 3 aromatic rings. The standard InChI is InChI=1S/C17H15BrClN5O/c1-9-6-21-13-4-12(19)15(25-2)5-14(13)24-16(9)22-23-17(24)10-3-11(18)8-20-7-10/h3-5,7-9,21H,6H2,1-2H3. The van der Waals surface area contributed by atoms with E-state index in [1.807, 2.05) is 22.8 Å². The van der Waals surface area contributed by atoms with Crippen LogP contribution >= 0.6 is 27.5 Å². The van der Waals surface area contributed by atoms with Gasteiger partial charge in [-0.15, -0.1) is 10.2 Å². The van der Waals surface area contributed by atoms with E-state index in [0.717, 1.165) is 39.6 Å². The lowest BCUT2D eigenvalue weighted by Crippen LogP contribution is -2.09. The van der Waals surface area contributed by atoms with Crippen molar-refractivity contribution in [3.05, 3.63) is 45.9 Å². The molecule has 25 heavy (non-hydrogen) atoms. The number of methoxy groups -OCH3 is 1. The first-order valence-electron chi connectivity index (χ1n) is 7.76. The summed E-state index contributed by atoms with van der Waals surface area (Å²) in [5, 5.41) is 12.9. The molecule has 0 radical (unpaired) electrons. The monoisotopic (exact) mass is 419 g/mol. The highest BCUT2D eigenvalue weighted by Gasteiger charge is 2.26. The Hall–Kier alpha value is -2.12. The quantitative estimate of drug-likeness (QED) is 0.670. The van der Waals surface area contributed by atoms with Crippen LogP contribution in [-0.2, 0) is 0 Å². The van der Waals surface area contributed by atoms with E-state index >= 15 is 0 Å². The van der Waals surface area contributed by atoms with Crippen LogP contribution in [0.5, 0.6) is 5.75 Å². The lowest BCUT2D eigenvalue weighted by molar-refractivity contribution is 0.415. The van der Waals surface area contributed by atoms with Gasteiger partial charge in [0.25, 0.3) is 0 Å². The number of rotatable bonds is 2. The van der Waals surface area contributed by atoms with Crippen molar-refractivity contribution in [3.63, 3.8) is 0 Å². The molecule has 4 rings (SSSR count). The van der Waals surface area contributed by atoms with E-state index in [4.69, 9.17) is 16.3 Å². The van der Waals surface area contributed by atoms with Crippen molar-refractivity contribution in [2.45, 2.75) is 12.8 Å².